The number of aryl methyl sites for hydroxylation is 1. The van der Waals surface area contributed by atoms with E-state index >= 15 is 0 Å². The molecule has 0 aliphatic carbocycles. The van der Waals surface area contributed by atoms with E-state index in [4.69, 9.17) is 11.6 Å². The maximum Gasteiger partial charge on any atom is 0.406 e. The van der Waals surface area contributed by atoms with Gasteiger partial charge in [-0.15, -0.1) is 0 Å². The zero-order chi connectivity index (χ0) is 15.6. The van der Waals surface area contributed by atoms with E-state index in [-0.39, 0.29) is 6.54 Å². The third-order valence-corrected chi connectivity index (χ3v) is 3.66. The first-order valence-corrected chi connectivity index (χ1v) is 6.98. The van der Waals surface area contributed by atoms with E-state index in [2.05, 4.69) is 0 Å². The van der Waals surface area contributed by atoms with Gasteiger partial charge in [-0.1, -0.05) is 11.6 Å². The number of rotatable bonds is 3. The van der Waals surface area contributed by atoms with Gasteiger partial charge in [0.1, 0.15) is 6.54 Å². The molecule has 0 spiro atoms. The van der Waals surface area contributed by atoms with Crippen LogP contribution in [0.4, 0.5) is 18.9 Å². The summed E-state index contributed by atoms with van der Waals surface area (Å²) in [6.45, 7) is -0.630. The van der Waals surface area contributed by atoms with Crippen LogP contribution in [-0.4, -0.2) is 43.7 Å². The van der Waals surface area contributed by atoms with Gasteiger partial charge in [0, 0.05) is 24.3 Å². The molecule has 0 atom stereocenters. The maximum absolute atomic E-state index is 12.3. The van der Waals surface area contributed by atoms with Gasteiger partial charge in [-0.2, -0.15) is 13.2 Å². The minimum atomic E-state index is -4.38. The fourth-order valence-electron chi connectivity index (χ4n) is 2.45. The summed E-state index contributed by atoms with van der Waals surface area (Å²) in [5.41, 5.74) is 1.90. The molecule has 21 heavy (non-hydrogen) atoms. The molecular weight excluding hydrogens is 305 g/mol. The number of fused-ring (bicyclic) bond motifs is 1. The first-order chi connectivity index (χ1) is 9.76. The summed E-state index contributed by atoms with van der Waals surface area (Å²) in [5.74, 6) is -0.546. The smallest absolute Gasteiger partial charge is 0.362 e. The van der Waals surface area contributed by atoms with Gasteiger partial charge in [0.2, 0.25) is 5.91 Å². The number of alkyl halides is 3. The van der Waals surface area contributed by atoms with Gasteiger partial charge in [-0.3, -0.25) is 4.79 Å². The van der Waals surface area contributed by atoms with E-state index in [1.54, 1.807) is 6.07 Å². The number of nitrogens with zero attached hydrogens (tertiary/aromatic N) is 2. The van der Waals surface area contributed by atoms with E-state index in [1.165, 1.54) is 7.05 Å². The van der Waals surface area contributed by atoms with Crippen LogP contribution in [0.3, 0.4) is 0 Å². The van der Waals surface area contributed by atoms with E-state index < -0.39 is 18.6 Å². The lowest BCUT2D eigenvalue weighted by Gasteiger charge is -2.32. The molecule has 1 aromatic carbocycles. The van der Waals surface area contributed by atoms with E-state index in [0.29, 0.717) is 16.5 Å². The molecule has 0 N–H and O–H groups in total. The molecule has 0 bridgehead atoms. The van der Waals surface area contributed by atoms with Crippen LogP contribution in [0.25, 0.3) is 0 Å². The van der Waals surface area contributed by atoms with E-state index in [1.807, 2.05) is 17.0 Å². The molecule has 1 heterocycles. The third kappa shape index (κ3) is 4.27. The number of carbonyl (C=O) groups is 1. The van der Waals surface area contributed by atoms with Gasteiger partial charge in [-0.25, -0.2) is 0 Å². The second-order valence-electron chi connectivity index (χ2n) is 5.16. The Morgan fingerprint density at radius 3 is 2.81 bits per heavy atom. The molecule has 2 rings (SSSR count). The van der Waals surface area contributed by atoms with Crippen molar-refractivity contribution >= 4 is 23.2 Å². The largest absolute Gasteiger partial charge is 0.406 e. The molecule has 1 amide bonds. The minimum absolute atomic E-state index is 0.0544. The number of hydrogen-bond donors (Lipinski definition) is 0. The number of carbonyl (C=O) groups excluding carboxylic acids is 1. The van der Waals surface area contributed by atoms with Crippen molar-refractivity contribution in [2.45, 2.75) is 19.0 Å². The van der Waals surface area contributed by atoms with Gasteiger partial charge in [0.25, 0.3) is 0 Å². The SMILES string of the molecule is CN(CC(F)(F)F)C(=O)CN1CCCc2cc(Cl)ccc21. The van der Waals surface area contributed by atoms with Crippen LogP contribution in [0, 0.1) is 0 Å². The van der Waals surface area contributed by atoms with Crippen LogP contribution < -0.4 is 4.90 Å². The van der Waals surface area contributed by atoms with Gasteiger partial charge in [-0.05, 0) is 36.6 Å². The summed E-state index contributed by atoms with van der Waals surface area (Å²) in [6.07, 6.45) is -2.67. The van der Waals surface area contributed by atoms with Crippen molar-refractivity contribution in [2.24, 2.45) is 0 Å². The summed E-state index contributed by atoms with van der Waals surface area (Å²) in [6, 6.07) is 5.38. The van der Waals surface area contributed by atoms with E-state index in [9.17, 15) is 18.0 Å². The van der Waals surface area contributed by atoms with Crippen LogP contribution in [0.1, 0.15) is 12.0 Å². The standard InChI is InChI=1S/C14H16ClF3N2O/c1-19(9-14(16,17)18)13(21)8-20-6-2-3-10-7-11(15)4-5-12(10)20/h4-5,7H,2-3,6,8-9H2,1H3. The van der Waals surface area contributed by atoms with Gasteiger partial charge in [0.15, 0.2) is 0 Å². The minimum Gasteiger partial charge on any atom is -0.362 e. The second-order valence-corrected chi connectivity index (χ2v) is 5.60. The molecule has 0 aromatic heterocycles. The van der Waals surface area contributed by atoms with Gasteiger partial charge < -0.3 is 9.80 Å². The lowest BCUT2D eigenvalue weighted by molar-refractivity contribution is -0.157. The molecular formula is C14H16ClF3N2O. The summed E-state index contributed by atoms with van der Waals surface area (Å²) in [7, 11) is 1.17. The zero-order valence-electron chi connectivity index (χ0n) is 11.6. The normalized spacial score (nSPS) is 14.8. The average Bonchev–Trinajstić information content (AvgIpc) is 2.36. The summed E-state index contributed by atoms with van der Waals surface area (Å²) in [4.78, 5) is 14.4. The Kier molecular flexibility index (Phi) is 4.66. The fraction of sp³-hybridized carbons (Fsp3) is 0.500. The topological polar surface area (TPSA) is 23.6 Å². The summed E-state index contributed by atoms with van der Waals surface area (Å²) >= 11 is 5.93. The van der Waals surface area contributed by atoms with Crippen molar-refractivity contribution in [3.63, 3.8) is 0 Å². The number of halogens is 4. The van der Waals surface area contributed by atoms with Crippen LogP contribution in [0.5, 0.6) is 0 Å². The number of amides is 1. The molecule has 0 saturated carbocycles. The molecule has 1 aliphatic rings. The van der Waals surface area contributed by atoms with Crippen molar-refractivity contribution in [3.05, 3.63) is 28.8 Å². The quantitative estimate of drug-likeness (QED) is 0.854. The third-order valence-electron chi connectivity index (χ3n) is 3.42. The van der Waals surface area contributed by atoms with Crippen LogP contribution >= 0.6 is 11.6 Å². The molecule has 0 radical (unpaired) electrons. The van der Waals surface area contributed by atoms with Crippen LogP contribution in [0.2, 0.25) is 5.02 Å². The highest BCUT2D eigenvalue weighted by atomic mass is 35.5. The highest BCUT2D eigenvalue weighted by Gasteiger charge is 2.32. The maximum atomic E-state index is 12.3. The van der Waals surface area contributed by atoms with Crippen LogP contribution in [-0.2, 0) is 11.2 Å². The first kappa shape index (κ1) is 15.9. The Bertz CT molecular complexity index is 533. The Morgan fingerprint density at radius 2 is 2.14 bits per heavy atom. The van der Waals surface area contributed by atoms with Crippen molar-refractivity contribution in [3.8, 4) is 0 Å². The summed E-state index contributed by atoms with van der Waals surface area (Å²) < 4.78 is 36.9. The molecule has 1 aliphatic heterocycles. The Morgan fingerprint density at radius 1 is 1.43 bits per heavy atom. The molecule has 7 heteroatoms. The highest BCUT2D eigenvalue weighted by Crippen LogP contribution is 2.29. The molecule has 116 valence electrons. The highest BCUT2D eigenvalue weighted by molar-refractivity contribution is 6.30. The molecule has 3 nitrogen and oxygen atoms in total. The van der Waals surface area contributed by atoms with Crippen molar-refractivity contribution < 1.29 is 18.0 Å². The lowest BCUT2D eigenvalue weighted by atomic mass is 10.0. The van der Waals surface area contributed by atoms with Gasteiger partial charge >= 0.3 is 6.18 Å². The lowest BCUT2D eigenvalue weighted by Crippen LogP contribution is -2.43. The predicted octanol–water partition coefficient (Wildman–Crippen LogP) is 3.11. The van der Waals surface area contributed by atoms with Gasteiger partial charge in [0.05, 0.1) is 6.54 Å². The molecule has 1 aromatic rings. The number of hydrogen-bond acceptors (Lipinski definition) is 2. The Labute approximate surface area is 126 Å². The average molecular weight is 321 g/mol. The Hall–Kier alpha value is -1.43. The number of likely N-dealkylation sites (N-methyl/N-ethyl adjacent to an activating group) is 1. The van der Waals surface area contributed by atoms with Crippen molar-refractivity contribution in [1.82, 2.24) is 4.90 Å². The zero-order valence-corrected chi connectivity index (χ0v) is 12.3. The van der Waals surface area contributed by atoms with Crippen molar-refractivity contribution in [2.75, 3.05) is 31.6 Å². The molecule has 0 fully saturated rings. The second kappa shape index (κ2) is 6.13. The first-order valence-electron chi connectivity index (χ1n) is 6.60. The molecule has 0 unspecified atom stereocenters. The van der Waals surface area contributed by atoms with Crippen LogP contribution in [0.15, 0.2) is 18.2 Å². The fourth-order valence-corrected chi connectivity index (χ4v) is 2.64. The number of benzene rings is 1. The number of anilines is 1. The summed E-state index contributed by atoms with van der Waals surface area (Å²) in [5, 5.41) is 0.621. The molecule has 0 saturated heterocycles. The predicted molar refractivity (Wildman–Crippen MR) is 75.7 cm³/mol. The Balaban J connectivity index is 2.06. The van der Waals surface area contributed by atoms with E-state index in [0.717, 1.165) is 24.1 Å². The monoisotopic (exact) mass is 320 g/mol. The van der Waals surface area contributed by atoms with Crippen molar-refractivity contribution in [1.29, 1.82) is 0 Å².